The molecule has 0 bridgehead atoms. The molecule has 0 spiro atoms. The minimum absolute atomic E-state index is 0.0774. The number of thiophene rings is 1. The van der Waals surface area contributed by atoms with E-state index in [9.17, 15) is 8.42 Å². The van der Waals surface area contributed by atoms with Crippen LogP contribution in [0.5, 0.6) is 5.75 Å². The first kappa shape index (κ1) is 16.8. The highest BCUT2D eigenvalue weighted by molar-refractivity contribution is 7.94. The lowest BCUT2D eigenvalue weighted by Crippen LogP contribution is -2.15. The molecule has 1 aromatic carbocycles. The Morgan fingerprint density at radius 2 is 1.82 bits per heavy atom. The fourth-order valence-electron chi connectivity index (χ4n) is 2.01. The van der Waals surface area contributed by atoms with Crippen molar-refractivity contribution >= 4 is 27.0 Å². The summed E-state index contributed by atoms with van der Waals surface area (Å²) < 4.78 is 33.2. The van der Waals surface area contributed by atoms with E-state index < -0.39 is 10.0 Å². The van der Waals surface area contributed by atoms with Gasteiger partial charge in [0.25, 0.3) is 10.0 Å². The number of aryl methyl sites for hydroxylation is 1. The van der Waals surface area contributed by atoms with Crippen LogP contribution in [0.25, 0.3) is 0 Å². The van der Waals surface area contributed by atoms with E-state index in [1.54, 1.807) is 18.2 Å². The molecular weight excluding hydrogens is 318 g/mol. The number of sulfonamides is 1. The Kier molecular flexibility index (Phi) is 4.54. The predicted octanol–water partition coefficient (Wildman–Crippen LogP) is 4.16. The third-order valence-corrected chi connectivity index (χ3v) is 6.15. The van der Waals surface area contributed by atoms with Crippen LogP contribution in [-0.4, -0.2) is 15.5 Å². The molecule has 22 heavy (non-hydrogen) atoms. The van der Waals surface area contributed by atoms with Crippen molar-refractivity contribution < 1.29 is 13.2 Å². The zero-order valence-electron chi connectivity index (χ0n) is 13.4. The highest BCUT2D eigenvalue weighted by atomic mass is 32.2. The lowest BCUT2D eigenvalue weighted by molar-refractivity contribution is 0.416. The highest BCUT2D eigenvalue weighted by Gasteiger charge is 2.21. The van der Waals surface area contributed by atoms with Gasteiger partial charge in [-0.05, 0) is 42.2 Å². The van der Waals surface area contributed by atoms with Crippen LogP contribution in [0.4, 0.5) is 5.69 Å². The van der Waals surface area contributed by atoms with Gasteiger partial charge in [-0.2, -0.15) is 0 Å². The van der Waals surface area contributed by atoms with Crippen molar-refractivity contribution in [2.45, 2.75) is 37.3 Å². The summed E-state index contributed by atoms with van der Waals surface area (Å²) in [4.78, 5) is 0.954. The van der Waals surface area contributed by atoms with Crippen molar-refractivity contribution in [3.8, 4) is 5.75 Å². The number of ether oxygens (including phenoxy) is 1. The molecular formula is C16H21NO3S2. The standard InChI is InChI=1S/C16H21NO3S2/c1-11-6-9-15(21-11)22(18,19)17-13-10-12(16(2,3)4)7-8-14(13)20-5/h6-10,17H,1-5H3. The van der Waals surface area contributed by atoms with E-state index >= 15 is 0 Å². The van der Waals surface area contributed by atoms with Crippen molar-refractivity contribution in [2.24, 2.45) is 0 Å². The van der Waals surface area contributed by atoms with Gasteiger partial charge < -0.3 is 4.74 Å². The zero-order chi connectivity index (χ0) is 16.5. The summed E-state index contributed by atoms with van der Waals surface area (Å²) in [7, 11) is -2.07. The van der Waals surface area contributed by atoms with Gasteiger partial charge in [-0.1, -0.05) is 26.8 Å². The molecule has 0 aliphatic heterocycles. The summed E-state index contributed by atoms with van der Waals surface area (Å²) in [6.45, 7) is 8.12. The second kappa shape index (κ2) is 5.93. The van der Waals surface area contributed by atoms with Crippen LogP contribution < -0.4 is 9.46 Å². The van der Waals surface area contributed by atoms with Gasteiger partial charge >= 0.3 is 0 Å². The first-order chi connectivity index (χ1) is 10.1. The van der Waals surface area contributed by atoms with E-state index in [2.05, 4.69) is 25.5 Å². The van der Waals surface area contributed by atoms with Crippen LogP contribution in [0.2, 0.25) is 0 Å². The van der Waals surface area contributed by atoms with Crippen LogP contribution in [-0.2, 0) is 15.4 Å². The van der Waals surface area contributed by atoms with E-state index in [0.29, 0.717) is 15.6 Å². The molecule has 4 nitrogen and oxygen atoms in total. The van der Waals surface area contributed by atoms with E-state index in [0.717, 1.165) is 10.4 Å². The maximum absolute atomic E-state index is 12.5. The van der Waals surface area contributed by atoms with Crippen molar-refractivity contribution in [3.63, 3.8) is 0 Å². The van der Waals surface area contributed by atoms with E-state index in [-0.39, 0.29) is 5.41 Å². The summed E-state index contributed by atoms with van der Waals surface area (Å²) in [5.41, 5.74) is 1.42. The minimum Gasteiger partial charge on any atom is -0.495 e. The van der Waals surface area contributed by atoms with Crippen molar-refractivity contribution in [1.82, 2.24) is 0 Å². The number of nitrogens with one attached hydrogen (secondary N) is 1. The summed E-state index contributed by atoms with van der Waals surface area (Å²) in [6.07, 6.45) is 0. The Balaban J connectivity index is 2.43. The SMILES string of the molecule is COc1ccc(C(C)(C)C)cc1NS(=O)(=O)c1ccc(C)s1. The van der Waals surface area contributed by atoms with Crippen LogP contribution in [0.15, 0.2) is 34.5 Å². The molecule has 6 heteroatoms. The topological polar surface area (TPSA) is 55.4 Å². The molecule has 0 amide bonds. The molecule has 120 valence electrons. The smallest absolute Gasteiger partial charge is 0.271 e. The van der Waals surface area contributed by atoms with Crippen LogP contribution in [0.3, 0.4) is 0 Å². The molecule has 0 atom stereocenters. The van der Waals surface area contributed by atoms with Gasteiger partial charge in [0, 0.05) is 4.88 Å². The maximum atomic E-state index is 12.5. The lowest BCUT2D eigenvalue weighted by Gasteiger charge is -2.21. The number of rotatable bonds is 4. The molecule has 0 radical (unpaired) electrons. The average molecular weight is 339 g/mol. The summed E-state index contributed by atoms with van der Waals surface area (Å²) in [5, 5.41) is 0. The number of anilines is 1. The Labute approximate surface area is 136 Å². The second-order valence-corrected chi connectivity index (χ2v) is 9.33. The first-order valence-corrected chi connectivity index (χ1v) is 9.21. The Hall–Kier alpha value is -1.53. The van der Waals surface area contributed by atoms with Gasteiger partial charge in [0.15, 0.2) is 0 Å². The molecule has 2 aromatic rings. The fourth-order valence-corrected chi connectivity index (χ4v) is 4.35. The number of benzene rings is 1. The minimum atomic E-state index is -3.60. The summed E-state index contributed by atoms with van der Waals surface area (Å²) in [5.74, 6) is 0.504. The molecule has 0 aliphatic rings. The van der Waals surface area contributed by atoms with Crippen LogP contribution in [0, 0.1) is 6.92 Å². The number of hydrogen-bond acceptors (Lipinski definition) is 4. The maximum Gasteiger partial charge on any atom is 0.271 e. The lowest BCUT2D eigenvalue weighted by atomic mass is 9.87. The summed E-state index contributed by atoms with van der Waals surface area (Å²) >= 11 is 1.25. The molecule has 1 heterocycles. The van der Waals surface area contributed by atoms with Crippen LogP contribution in [0.1, 0.15) is 31.2 Å². The number of hydrogen-bond donors (Lipinski definition) is 1. The fraction of sp³-hybridized carbons (Fsp3) is 0.375. The van der Waals surface area contributed by atoms with Gasteiger partial charge in [0.1, 0.15) is 9.96 Å². The Morgan fingerprint density at radius 3 is 2.32 bits per heavy atom. The van der Waals surface area contributed by atoms with Gasteiger partial charge in [-0.25, -0.2) is 8.42 Å². The third-order valence-electron chi connectivity index (χ3n) is 3.29. The monoisotopic (exact) mass is 339 g/mol. The van der Waals surface area contributed by atoms with E-state index in [4.69, 9.17) is 4.74 Å². The summed E-state index contributed by atoms with van der Waals surface area (Å²) in [6, 6.07) is 8.98. The second-order valence-electron chi connectivity index (χ2n) is 6.14. The third kappa shape index (κ3) is 3.62. The van der Waals surface area contributed by atoms with Crippen molar-refractivity contribution in [2.75, 3.05) is 11.8 Å². The average Bonchev–Trinajstić information content (AvgIpc) is 2.85. The van der Waals surface area contributed by atoms with Crippen molar-refractivity contribution in [3.05, 3.63) is 40.8 Å². The molecule has 1 aromatic heterocycles. The van der Waals surface area contributed by atoms with Crippen LogP contribution >= 0.6 is 11.3 Å². The molecule has 0 saturated carbocycles. The normalized spacial score (nSPS) is 12.2. The molecule has 0 aliphatic carbocycles. The largest absolute Gasteiger partial charge is 0.495 e. The van der Waals surface area contributed by atoms with Gasteiger partial charge in [-0.3, -0.25) is 4.72 Å². The van der Waals surface area contributed by atoms with Gasteiger partial charge in [0.2, 0.25) is 0 Å². The van der Waals surface area contributed by atoms with Crippen molar-refractivity contribution in [1.29, 1.82) is 0 Å². The molecule has 0 unspecified atom stereocenters. The Morgan fingerprint density at radius 1 is 1.14 bits per heavy atom. The predicted molar refractivity (Wildman–Crippen MR) is 91.6 cm³/mol. The molecule has 0 saturated heterocycles. The molecule has 1 N–H and O–H groups in total. The Bertz CT molecular complexity index is 771. The van der Waals surface area contributed by atoms with Gasteiger partial charge in [0.05, 0.1) is 12.8 Å². The first-order valence-electron chi connectivity index (χ1n) is 6.91. The molecule has 0 fully saturated rings. The van der Waals surface area contributed by atoms with E-state index in [1.807, 2.05) is 19.1 Å². The quantitative estimate of drug-likeness (QED) is 0.910. The van der Waals surface area contributed by atoms with Gasteiger partial charge in [-0.15, -0.1) is 11.3 Å². The zero-order valence-corrected chi connectivity index (χ0v) is 15.1. The number of methoxy groups -OCH3 is 1. The van der Waals surface area contributed by atoms with E-state index in [1.165, 1.54) is 18.4 Å². The highest BCUT2D eigenvalue weighted by Crippen LogP contribution is 2.33. The molecule has 2 rings (SSSR count).